The van der Waals surface area contributed by atoms with Gasteiger partial charge >= 0.3 is 0 Å². The van der Waals surface area contributed by atoms with E-state index in [1.807, 2.05) is 12.1 Å². The second kappa shape index (κ2) is 5.21. The maximum Gasteiger partial charge on any atom is 0.142 e. The quantitative estimate of drug-likeness (QED) is 0.845. The van der Waals surface area contributed by atoms with Crippen LogP contribution in [0.5, 0.6) is 0 Å². The molecule has 18 heavy (non-hydrogen) atoms. The van der Waals surface area contributed by atoms with Gasteiger partial charge < -0.3 is 4.74 Å². The average molecular weight is 260 g/mol. The lowest BCUT2D eigenvalue weighted by Crippen LogP contribution is -2.26. The fourth-order valence-electron chi connectivity index (χ4n) is 2.50. The predicted molar refractivity (Wildman–Crippen MR) is 74.1 cm³/mol. The first-order valence-corrected chi connectivity index (χ1v) is 7.28. The first kappa shape index (κ1) is 11.9. The molecule has 1 atom stereocenters. The molecule has 1 aliphatic heterocycles. The molecule has 0 radical (unpaired) electrons. The highest BCUT2D eigenvalue weighted by atomic mass is 32.1. The Morgan fingerprint density at radius 2 is 2.28 bits per heavy atom. The van der Waals surface area contributed by atoms with E-state index in [0.717, 1.165) is 19.4 Å². The Kier molecular flexibility index (Phi) is 3.43. The lowest BCUT2D eigenvalue weighted by molar-refractivity contribution is -0.126. The number of Topliss-reactive ketones (excluding diaryl/α,β-unsaturated/α-hetero) is 1. The van der Waals surface area contributed by atoms with Crippen LogP contribution in [0.3, 0.4) is 0 Å². The molecule has 0 aliphatic carbocycles. The summed E-state index contributed by atoms with van der Waals surface area (Å²) in [4.78, 5) is 12.2. The van der Waals surface area contributed by atoms with Gasteiger partial charge in [-0.15, -0.1) is 11.3 Å². The van der Waals surface area contributed by atoms with Crippen LogP contribution in [0, 0.1) is 5.92 Å². The molecule has 0 amide bonds. The van der Waals surface area contributed by atoms with Crippen LogP contribution in [0.2, 0.25) is 0 Å². The number of rotatable bonds is 3. The van der Waals surface area contributed by atoms with Crippen molar-refractivity contribution < 1.29 is 9.53 Å². The van der Waals surface area contributed by atoms with Crippen molar-refractivity contribution in [2.24, 2.45) is 5.92 Å². The zero-order valence-electron chi connectivity index (χ0n) is 10.2. The van der Waals surface area contributed by atoms with Gasteiger partial charge in [-0.2, -0.15) is 0 Å². The number of thiophene rings is 1. The number of hydrogen-bond acceptors (Lipinski definition) is 3. The van der Waals surface area contributed by atoms with Crippen molar-refractivity contribution in [3.05, 3.63) is 35.2 Å². The number of ether oxygens (including phenoxy) is 1. The summed E-state index contributed by atoms with van der Waals surface area (Å²) in [5.74, 6) is 0.440. The molecule has 2 nitrogen and oxygen atoms in total. The SMILES string of the molecule is O=C(Cc1csc2ccccc12)C1CCCOC1. The van der Waals surface area contributed by atoms with E-state index in [9.17, 15) is 4.79 Å². The molecule has 1 unspecified atom stereocenters. The summed E-state index contributed by atoms with van der Waals surface area (Å²) in [6.45, 7) is 1.42. The smallest absolute Gasteiger partial charge is 0.142 e. The summed E-state index contributed by atoms with van der Waals surface area (Å²) < 4.78 is 6.66. The van der Waals surface area contributed by atoms with Crippen LogP contribution in [0.1, 0.15) is 18.4 Å². The van der Waals surface area contributed by atoms with E-state index < -0.39 is 0 Å². The fraction of sp³-hybridized carbons (Fsp3) is 0.400. The minimum Gasteiger partial charge on any atom is -0.381 e. The maximum absolute atomic E-state index is 12.2. The van der Waals surface area contributed by atoms with E-state index in [4.69, 9.17) is 4.74 Å². The highest BCUT2D eigenvalue weighted by Crippen LogP contribution is 2.27. The van der Waals surface area contributed by atoms with E-state index in [1.54, 1.807) is 11.3 Å². The molecule has 3 rings (SSSR count). The average Bonchev–Trinajstić information content (AvgIpc) is 2.83. The van der Waals surface area contributed by atoms with Crippen LogP contribution in [0.15, 0.2) is 29.6 Å². The van der Waals surface area contributed by atoms with Gasteiger partial charge in [-0.25, -0.2) is 0 Å². The second-order valence-electron chi connectivity index (χ2n) is 4.81. The van der Waals surface area contributed by atoms with Gasteiger partial charge in [0.2, 0.25) is 0 Å². The third kappa shape index (κ3) is 2.33. The molecule has 1 fully saturated rings. The van der Waals surface area contributed by atoms with Crippen LogP contribution in [-0.2, 0) is 16.0 Å². The Labute approximate surface area is 111 Å². The first-order valence-electron chi connectivity index (χ1n) is 6.40. The Bertz CT molecular complexity index is 552. The number of carbonyl (C=O) groups excluding carboxylic acids is 1. The Balaban J connectivity index is 1.77. The van der Waals surface area contributed by atoms with E-state index in [0.29, 0.717) is 18.8 Å². The first-order chi connectivity index (χ1) is 8.84. The molecule has 94 valence electrons. The van der Waals surface area contributed by atoms with Crippen LogP contribution < -0.4 is 0 Å². The molecule has 1 saturated heterocycles. The Hall–Kier alpha value is -1.19. The summed E-state index contributed by atoms with van der Waals surface area (Å²) in [6, 6.07) is 8.29. The van der Waals surface area contributed by atoms with Gasteiger partial charge in [0.1, 0.15) is 5.78 Å². The number of benzene rings is 1. The molecule has 0 saturated carbocycles. The second-order valence-corrected chi connectivity index (χ2v) is 5.73. The third-order valence-corrected chi connectivity index (χ3v) is 4.55. The van der Waals surface area contributed by atoms with Gasteiger partial charge in [0.05, 0.1) is 6.61 Å². The number of carbonyl (C=O) groups is 1. The fourth-order valence-corrected chi connectivity index (χ4v) is 3.46. The van der Waals surface area contributed by atoms with Crippen LogP contribution in [0.4, 0.5) is 0 Å². The van der Waals surface area contributed by atoms with E-state index in [1.165, 1.54) is 15.6 Å². The molecule has 0 bridgehead atoms. The minimum atomic E-state index is 0.109. The van der Waals surface area contributed by atoms with Crippen molar-refractivity contribution >= 4 is 27.2 Å². The van der Waals surface area contributed by atoms with Gasteiger partial charge in [0.15, 0.2) is 0 Å². The zero-order valence-corrected chi connectivity index (χ0v) is 11.0. The standard InChI is InChI=1S/C15H16O2S/c16-14(11-4-3-7-17-9-11)8-12-10-18-15-6-2-1-5-13(12)15/h1-2,5-6,10-11H,3-4,7-9H2. The molecule has 0 N–H and O–H groups in total. The van der Waals surface area contributed by atoms with Crippen molar-refractivity contribution in [1.29, 1.82) is 0 Å². The molecular weight excluding hydrogens is 244 g/mol. The number of fused-ring (bicyclic) bond motifs is 1. The topological polar surface area (TPSA) is 26.3 Å². The van der Waals surface area contributed by atoms with Gasteiger partial charge in [-0.05, 0) is 35.2 Å². The van der Waals surface area contributed by atoms with Crippen LogP contribution in [-0.4, -0.2) is 19.0 Å². The number of hydrogen-bond donors (Lipinski definition) is 0. The summed E-state index contributed by atoms with van der Waals surface area (Å²) in [6.07, 6.45) is 2.56. The largest absolute Gasteiger partial charge is 0.381 e. The number of ketones is 1. The molecule has 0 spiro atoms. The van der Waals surface area contributed by atoms with E-state index in [-0.39, 0.29) is 5.92 Å². The van der Waals surface area contributed by atoms with Crippen LogP contribution in [0.25, 0.3) is 10.1 Å². The molecule has 3 heteroatoms. The van der Waals surface area contributed by atoms with Gasteiger partial charge in [0.25, 0.3) is 0 Å². The van der Waals surface area contributed by atoms with Gasteiger partial charge in [0, 0.05) is 23.6 Å². The van der Waals surface area contributed by atoms with Crippen molar-refractivity contribution in [3.8, 4) is 0 Å². The summed E-state index contributed by atoms with van der Waals surface area (Å²) >= 11 is 1.72. The lowest BCUT2D eigenvalue weighted by Gasteiger charge is -2.20. The maximum atomic E-state index is 12.2. The molecule has 1 aromatic carbocycles. The predicted octanol–water partition coefficient (Wildman–Crippen LogP) is 3.44. The normalized spacial score (nSPS) is 20.1. The van der Waals surface area contributed by atoms with Crippen molar-refractivity contribution in [3.63, 3.8) is 0 Å². The molecular formula is C15H16O2S. The summed E-state index contributed by atoms with van der Waals surface area (Å²) in [7, 11) is 0. The highest BCUT2D eigenvalue weighted by Gasteiger charge is 2.22. The minimum absolute atomic E-state index is 0.109. The van der Waals surface area contributed by atoms with Gasteiger partial charge in [-0.1, -0.05) is 18.2 Å². The summed E-state index contributed by atoms with van der Waals surface area (Å²) in [5, 5.41) is 3.35. The summed E-state index contributed by atoms with van der Waals surface area (Å²) in [5.41, 5.74) is 1.17. The zero-order chi connectivity index (χ0) is 12.4. The Morgan fingerprint density at radius 3 is 3.11 bits per heavy atom. The molecule has 2 heterocycles. The monoisotopic (exact) mass is 260 g/mol. The van der Waals surface area contributed by atoms with E-state index >= 15 is 0 Å². The molecule has 2 aromatic rings. The van der Waals surface area contributed by atoms with Crippen LogP contribution >= 0.6 is 11.3 Å². The highest BCUT2D eigenvalue weighted by molar-refractivity contribution is 7.17. The van der Waals surface area contributed by atoms with Crippen molar-refractivity contribution in [2.75, 3.05) is 13.2 Å². The lowest BCUT2D eigenvalue weighted by atomic mass is 9.93. The van der Waals surface area contributed by atoms with Gasteiger partial charge in [-0.3, -0.25) is 4.79 Å². The third-order valence-electron chi connectivity index (χ3n) is 3.54. The van der Waals surface area contributed by atoms with E-state index in [2.05, 4.69) is 17.5 Å². The molecule has 1 aliphatic rings. The molecule has 1 aromatic heterocycles. The van der Waals surface area contributed by atoms with Crippen molar-refractivity contribution in [1.82, 2.24) is 0 Å². The Morgan fingerprint density at radius 1 is 1.39 bits per heavy atom. The van der Waals surface area contributed by atoms with Crippen molar-refractivity contribution in [2.45, 2.75) is 19.3 Å².